The van der Waals surface area contributed by atoms with Crippen LogP contribution in [0.15, 0.2) is 0 Å². The van der Waals surface area contributed by atoms with Gasteiger partial charge in [0.2, 0.25) is 0 Å². The molecule has 0 aromatic heterocycles. The number of aliphatic hydroxyl groups excluding tert-OH is 1. The summed E-state index contributed by atoms with van der Waals surface area (Å²) in [5.41, 5.74) is 0. The third kappa shape index (κ3) is 8.17. The van der Waals surface area contributed by atoms with Crippen molar-refractivity contribution in [2.24, 2.45) is 0 Å². The summed E-state index contributed by atoms with van der Waals surface area (Å²) >= 11 is 0. The van der Waals surface area contributed by atoms with Crippen molar-refractivity contribution in [2.45, 2.75) is 26.2 Å². The lowest BCUT2D eigenvalue weighted by Crippen LogP contribution is -2.14. The van der Waals surface area contributed by atoms with E-state index in [4.69, 9.17) is 5.11 Å². The van der Waals surface area contributed by atoms with Crippen molar-refractivity contribution in [3.63, 3.8) is 0 Å². The van der Waals surface area contributed by atoms with Crippen LogP contribution in [-0.2, 0) is 19.3 Å². The van der Waals surface area contributed by atoms with Crippen molar-refractivity contribution in [2.75, 3.05) is 19.0 Å². The van der Waals surface area contributed by atoms with Gasteiger partial charge in [-0.05, 0) is 6.42 Å². The molecule has 5 nitrogen and oxygen atoms in total. The van der Waals surface area contributed by atoms with Crippen molar-refractivity contribution >= 4 is 10.1 Å². The average molecular weight is 212 g/mol. The molecule has 0 heterocycles. The van der Waals surface area contributed by atoms with Crippen LogP contribution in [0.5, 0.6) is 0 Å². The van der Waals surface area contributed by atoms with Gasteiger partial charge in [-0.1, -0.05) is 19.8 Å². The largest absolute Gasteiger partial charge is 0.395 e. The molecule has 0 atom stereocenters. The molecule has 0 fully saturated rings. The van der Waals surface area contributed by atoms with E-state index in [9.17, 15) is 8.42 Å². The van der Waals surface area contributed by atoms with Gasteiger partial charge in [-0.2, -0.15) is 8.42 Å². The molecule has 1 N–H and O–H groups in total. The lowest BCUT2D eigenvalue weighted by molar-refractivity contribution is -0.202. The van der Waals surface area contributed by atoms with Gasteiger partial charge < -0.3 is 5.11 Å². The van der Waals surface area contributed by atoms with Crippen LogP contribution in [0.4, 0.5) is 0 Å². The third-order valence-corrected chi connectivity index (χ3v) is 2.31. The fourth-order valence-electron chi connectivity index (χ4n) is 0.664. The first kappa shape index (κ1) is 12.8. The van der Waals surface area contributed by atoms with E-state index in [-0.39, 0.29) is 6.61 Å². The van der Waals surface area contributed by atoms with Crippen molar-refractivity contribution < 1.29 is 22.7 Å². The molecule has 0 aromatic rings. The Morgan fingerprint density at radius 2 is 2.00 bits per heavy atom. The van der Waals surface area contributed by atoms with Gasteiger partial charge >= 0.3 is 0 Å². The minimum absolute atomic E-state index is 0.262. The summed E-state index contributed by atoms with van der Waals surface area (Å²) in [4.78, 5) is 4.45. The molecule has 0 unspecified atom stereocenters. The molecule has 0 saturated carbocycles. The Labute approximate surface area is 78.7 Å². The maximum absolute atomic E-state index is 10.8. The summed E-state index contributed by atoms with van der Waals surface area (Å²) in [6.45, 7) is 1.84. The van der Waals surface area contributed by atoms with Gasteiger partial charge in [-0.25, -0.2) is 4.89 Å². The Morgan fingerprint density at radius 1 is 1.31 bits per heavy atom. The van der Waals surface area contributed by atoms with Gasteiger partial charge in [0, 0.05) is 0 Å². The lowest BCUT2D eigenvalue weighted by atomic mass is 10.3. The maximum Gasteiger partial charge on any atom is 0.295 e. The zero-order valence-corrected chi connectivity index (χ0v) is 8.55. The Morgan fingerprint density at radius 3 is 2.54 bits per heavy atom. The quantitative estimate of drug-likeness (QED) is 0.359. The molecule has 0 aliphatic carbocycles. The molecule has 6 heteroatoms. The monoisotopic (exact) mass is 212 g/mol. The number of rotatable bonds is 8. The number of unbranched alkanes of at least 4 members (excludes halogenated alkanes) is 2. The van der Waals surface area contributed by atoms with Crippen molar-refractivity contribution in [1.29, 1.82) is 0 Å². The van der Waals surface area contributed by atoms with Gasteiger partial charge in [0.05, 0.1) is 13.2 Å². The summed E-state index contributed by atoms with van der Waals surface area (Å²) in [5.74, 6) is -0.430. The van der Waals surface area contributed by atoms with Gasteiger partial charge in [-0.15, -0.1) is 4.33 Å². The number of hydrogen-bond acceptors (Lipinski definition) is 5. The normalized spacial score (nSPS) is 11.8. The van der Waals surface area contributed by atoms with Crippen LogP contribution < -0.4 is 0 Å². The van der Waals surface area contributed by atoms with E-state index in [1.807, 2.05) is 6.92 Å². The van der Waals surface area contributed by atoms with Crippen LogP contribution in [0.3, 0.4) is 0 Å². The minimum Gasteiger partial charge on any atom is -0.395 e. The van der Waals surface area contributed by atoms with Crippen molar-refractivity contribution in [3.8, 4) is 0 Å². The SMILES string of the molecule is CCCCCOOS(=O)(=O)CCO. The van der Waals surface area contributed by atoms with Crippen LogP contribution in [0.1, 0.15) is 26.2 Å². The molecule has 13 heavy (non-hydrogen) atoms. The first-order valence-electron chi connectivity index (χ1n) is 4.27. The molecule has 0 aromatic carbocycles. The van der Waals surface area contributed by atoms with E-state index in [0.29, 0.717) is 0 Å². The zero-order valence-electron chi connectivity index (χ0n) is 7.73. The van der Waals surface area contributed by atoms with Crippen LogP contribution in [0.25, 0.3) is 0 Å². The minimum atomic E-state index is -3.69. The van der Waals surface area contributed by atoms with Gasteiger partial charge in [0.25, 0.3) is 10.1 Å². The molecule has 0 aliphatic heterocycles. The third-order valence-electron chi connectivity index (χ3n) is 1.32. The topological polar surface area (TPSA) is 72.8 Å². The molecule has 80 valence electrons. The zero-order chi connectivity index (χ0) is 10.2. The molecule has 0 rings (SSSR count). The molecular formula is C7H16O5S. The highest BCUT2D eigenvalue weighted by Crippen LogP contribution is 1.98. The molecule has 0 saturated heterocycles. The highest BCUT2D eigenvalue weighted by Gasteiger charge is 2.10. The van der Waals surface area contributed by atoms with E-state index in [0.717, 1.165) is 19.3 Å². The fourth-order valence-corrected chi connectivity index (χ4v) is 1.17. The van der Waals surface area contributed by atoms with E-state index in [1.165, 1.54) is 0 Å². The maximum atomic E-state index is 10.8. The van der Waals surface area contributed by atoms with E-state index in [1.54, 1.807) is 0 Å². The number of hydrogen-bond donors (Lipinski definition) is 1. The van der Waals surface area contributed by atoms with E-state index < -0.39 is 22.5 Å². The fraction of sp³-hybridized carbons (Fsp3) is 1.00. The highest BCUT2D eigenvalue weighted by molar-refractivity contribution is 7.86. The predicted octanol–water partition coefficient (Wildman–Crippen LogP) is 0.447. The Balaban J connectivity index is 3.41. The lowest BCUT2D eigenvalue weighted by Gasteiger charge is -2.02. The van der Waals surface area contributed by atoms with Crippen LogP contribution in [0.2, 0.25) is 0 Å². The summed E-state index contributed by atoms with van der Waals surface area (Å²) in [7, 11) is -3.69. The Kier molecular flexibility index (Phi) is 7.16. The summed E-state index contributed by atoms with van der Waals surface area (Å²) in [6, 6.07) is 0. The Bertz CT molecular complexity index is 199. The molecule has 0 bridgehead atoms. The van der Waals surface area contributed by atoms with Gasteiger partial charge in [0.1, 0.15) is 5.75 Å². The van der Waals surface area contributed by atoms with Gasteiger partial charge in [-0.3, -0.25) is 0 Å². The van der Waals surface area contributed by atoms with Crippen LogP contribution >= 0.6 is 0 Å². The second kappa shape index (κ2) is 7.25. The smallest absolute Gasteiger partial charge is 0.295 e. The van der Waals surface area contributed by atoms with Crippen LogP contribution in [-0.4, -0.2) is 32.5 Å². The predicted molar refractivity (Wildman–Crippen MR) is 47.4 cm³/mol. The second-order valence-electron chi connectivity index (χ2n) is 2.58. The van der Waals surface area contributed by atoms with E-state index in [2.05, 4.69) is 9.22 Å². The number of aliphatic hydroxyl groups is 1. The first-order valence-corrected chi connectivity index (χ1v) is 5.84. The molecular weight excluding hydrogens is 196 g/mol. The van der Waals surface area contributed by atoms with Crippen LogP contribution in [0, 0.1) is 0 Å². The van der Waals surface area contributed by atoms with Gasteiger partial charge in [0.15, 0.2) is 0 Å². The standard InChI is InChI=1S/C7H16O5S/c1-2-3-4-6-11-12-13(9,10)7-5-8/h8H,2-7H2,1H3. The van der Waals surface area contributed by atoms with Crippen molar-refractivity contribution in [1.82, 2.24) is 0 Å². The highest BCUT2D eigenvalue weighted by atomic mass is 32.2. The Hall–Kier alpha value is -0.170. The molecule has 0 aliphatic rings. The summed E-state index contributed by atoms with van der Waals surface area (Å²) in [5, 5.41) is 8.33. The van der Waals surface area contributed by atoms with E-state index >= 15 is 0 Å². The average Bonchev–Trinajstić information content (AvgIpc) is 2.04. The second-order valence-corrected chi connectivity index (χ2v) is 4.24. The molecule has 0 amide bonds. The molecule has 0 spiro atoms. The van der Waals surface area contributed by atoms with Crippen molar-refractivity contribution in [3.05, 3.63) is 0 Å². The first-order chi connectivity index (χ1) is 6.12. The summed E-state index contributed by atoms with van der Waals surface area (Å²) in [6.07, 6.45) is 2.78. The molecule has 0 radical (unpaired) electrons. The summed E-state index contributed by atoms with van der Waals surface area (Å²) < 4.78 is 25.6.